The molecule has 3 aromatic rings. The van der Waals surface area contributed by atoms with Crippen molar-refractivity contribution in [1.82, 2.24) is 14.8 Å². The maximum absolute atomic E-state index is 13.6. The Labute approximate surface area is 136 Å². The standard InChI is InChI=1S/C16H11ClFN3O2/c1-9-4-13(2-3-19-9)21-15(8-14(20-21)16(22)23)10-5-11(17)7-12(18)6-10/h2-8H,1H3,(H,22,23). The Morgan fingerprint density at radius 1 is 1.26 bits per heavy atom. The molecule has 0 radical (unpaired) electrons. The Hall–Kier alpha value is -2.73. The van der Waals surface area contributed by atoms with Crippen molar-refractivity contribution < 1.29 is 14.3 Å². The molecule has 7 heteroatoms. The third kappa shape index (κ3) is 3.07. The summed E-state index contributed by atoms with van der Waals surface area (Å²) in [6, 6.07) is 8.83. The van der Waals surface area contributed by atoms with Crippen LogP contribution in [0.4, 0.5) is 4.39 Å². The predicted octanol–water partition coefficient (Wildman–Crippen LogP) is 3.73. The van der Waals surface area contributed by atoms with Crippen molar-refractivity contribution in [2.75, 3.05) is 0 Å². The molecule has 0 saturated heterocycles. The molecule has 1 aromatic carbocycles. The SMILES string of the molecule is Cc1cc(-n2nc(C(=O)O)cc2-c2cc(F)cc(Cl)c2)ccn1. The lowest BCUT2D eigenvalue weighted by atomic mass is 10.1. The van der Waals surface area contributed by atoms with E-state index in [1.54, 1.807) is 24.4 Å². The molecule has 2 heterocycles. The van der Waals surface area contributed by atoms with Crippen molar-refractivity contribution in [3.63, 3.8) is 0 Å². The first-order valence-electron chi connectivity index (χ1n) is 6.67. The minimum Gasteiger partial charge on any atom is -0.476 e. The number of hydrogen-bond donors (Lipinski definition) is 1. The smallest absolute Gasteiger partial charge is 0.356 e. The van der Waals surface area contributed by atoms with Crippen LogP contribution in [0.1, 0.15) is 16.2 Å². The lowest BCUT2D eigenvalue weighted by Crippen LogP contribution is -2.03. The second kappa shape index (κ2) is 5.81. The van der Waals surface area contributed by atoms with E-state index < -0.39 is 11.8 Å². The molecule has 2 aromatic heterocycles. The fourth-order valence-corrected chi connectivity index (χ4v) is 2.47. The molecule has 0 fully saturated rings. The first-order chi connectivity index (χ1) is 10.9. The molecule has 116 valence electrons. The van der Waals surface area contributed by atoms with Crippen LogP contribution in [0.2, 0.25) is 5.02 Å². The van der Waals surface area contributed by atoms with E-state index in [0.29, 0.717) is 16.9 Å². The number of halogens is 2. The van der Waals surface area contributed by atoms with E-state index in [-0.39, 0.29) is 10.7 Å². The molecule has 0 aliphatic carbocycles. The topological polar surface area (TPSA) is 68.0 Å². The van der Waals surface area contributed by atoms with E-state index in [1.165, 1.54) is 22.9 Å². The normalized spacial score (nSPS) is 10.7. The van der Waals surface area contributed by atoms with Crippen LogP contribution in [0, 0.1) is 12.7 Å². The van der Waals surface area contributed by atoms with Crippen LogP contribution < -0.4 is 0 Å². The van der Waals surface area contributed by atoms with Crippen molar-refractivity contribution in [1.29, 1.82) is 0 Å². The molecule has 0 atom stereocenters. The van der Waals surface area contributed by atoms with Crippen LogP contribution >= 0.6 is 11.6 Å². The zero-order valence-corrected chi connectivity index (χ0v) is 12.8. The lowest BCUT2D eigenvalue weighted by molar-refractivity contribution is 0.0690. The van der Waals surface area contributed by atoms with E-state index >= 15 is 0 Å². The highest BCUT2D eigenvalue weighted by atomic mass is 35.5. The monoisotopic (exact) mass is 331 g/mol. The third-order valence-corrected chi connectivity index (χ3v) is 3.43. The Balaban J connectivity index is 2.25. The summed E-state index contributed by atoms with van der Waals surface area (Å²) in [6.07, 6.45) is 1.59. The average molecular weight is 332 g/mol. The highest BCUT2D eigenvalue weighted by Gasteiger charge is 2.17. The summed E-state index contributed by atoms with van der Waals surface area (Å²) in [5.74, 6) is -1.68. The van der Waals surface area contributed by atoms with Gasteiger partial charge in [-0.3, -0.25) is 4.98 Å². The summed E-state index contributed by atoms with van der Waals surface area (Å²) in [5, 5.41) is 13.5. The molecule has 5 nitrogen and oxygen atoms in total. The van der Waals surface area contributed by atoms with Gasteiger partial charge < -0.3 is 5.11 Å². The number of carboxylic acid groups (broad SMARTS) is 1. The van der Waals surface area contributed by atoms with Crippen LogP contribution in [0.25, 0.3) is 16.9 Å². The molecule has 0 saturated carbocycles. The van der Waals surface area contributed by atoms with E-state index in [2.05, 4.69) is 10.1 Å². The fourth-order valence-electron chi connectivity index (χ4n) is 2.25. The molecule has 0 bridgehead atoms. The number of aryl methyl sites for hydroxylation is 1. The summed E-state index contributed by atoms with van der Waals surface area (Å²) in [6.45, 7) is 1.81. The van der Waals surface area contributed by atoms with Crippen molar-refractivity contribution in [2.24, 2.45) is 0 Å². The zero-order valence-electron chi connectivity index (χ0n) is 12.0. The van der Waals surface area contributed by atoms with E-state index in [9.17, 15) is 14.3 Å². The summed E-state index contributed by atoms with van der Waals surface area (Å²) in [7, 11) is 0. The van der Waals surface area contributed by atoms with Gasteiger partial charge in [0.25, 0.3) is 0 Å². The summed E-state index contributed by atoms with van der Waals surface area (Å²) >= 11 is 5.90. The molecule has 0 unspecified atom stereocenters. The van der Waals surface area contributed by atoms with E-state index in [4.69, 9.17) is 11.6 Å². The molecule has 1 N–H and O–H groups in total. The van der Waals surface area contributed by atoms with Gasteiger partial charge in [0.15, 0.2) is 5.69 Å². The van der Waals surface area contributed by atoms with Crippen molar-refractivity contribution >= 4 is 17.6 Å². The van der Waals surface area contributed by atoms with Crippen molar-refractivity contribution in [3.8, 4) is 16.9 Å². The van der Waals surface area contributed by atoms with Crippen LogP contribution in [0.15, 0.2) is 42.6 Å². The number of pyridine rings is 1. The molecular formula is C16H11ClFN3O2. The summed E-state index contributed by atoms with van der Waals surface area (Å²) in [5.41, 5.74) is 2.09. The first-order valence-corrected chi connectivity index (χ1v) is 7.05. The third-order valence-electron chi connectivity index (χ3n) is 3.21. The fraction of sp³-hybridized carbons (Fsp3) is 0.0625. The van der Waals surface area contributed by atoms with Gasteiger partial charge in [-0.2, -0.15) is 5.10 Å². The van der Waals surface area contributed by atoms with Gasteiger partial charge in [-0.1, -0.05) is 11.6 Å². The molecule has 0 aliphatic heterocycles. The highest BCUT2D eigenvalue weighted by molar-refractivity contribution is 6.30. The molecule has 0 amide bonds. The van der Waals surface area contributed by atoms with Gasteiger partial charge >= 0.3 is 5.97 Å². The predicted molar refractivity (Wildman–Crippen MR) is 83.5 cm³/mol. The van der Waals surface area contributed by atoms with Crippen LogP contribution in [-0.4, -0.2) is 25.8 Å². The van der Waals surface area contributed by atoms with Crippen molar-refractivity contribution in [3.05, 3.63) is 64.8 Å². The second-order valence-electron chi connectivity index (χ2n) is 4.95. The Kier molecular flexibility index (Phi) is 3.83. The minimum absolute atomic E-state index is 0.144. The Morgan fingerprint density at radius 2 is 2.04 bits per heavy atom. The molecule has 0 aliphatic rings. The quantitative estimate of drug-likeness (QED) is 0.794. The Bertz CT molecular complexity index is 888. The maximum atomic E-state index is 13.6. The van der Waals surface area contributed by atoms with Gasteiger partial charge in [0.2, 0.25) is 0 Å². The molecule has 3 rings (SSSR count). The van der Waals surface area contributed by atoms with Gasteiger partial charge in [-0.15, -0.1) is 0 Å². The second-order valence-corrected chi connectivity index (χ2v) is 5.38. The van der Waals surface area contributed by atoms with Crippen molar-refractivity contribution in [2.45, 2.75) is 6.92 Å². The minimum atomic E-state index is -1.17. The number of hydrogen-bond acceptors (Lipinski definition) is 3. The van der Waals surface area contributed by atoms with Crippen LogP contribution in [-0.2, 0) is 0 Å². The number of aromatic carboxylic acids is 1. The van der Waals surface area contributed by atoms with Gasteiger partial charge in [0, 0.05) is 22.5 Å². The number of nitrogens with zero attached hydrogens (tertiary/aromatic N) is 3. The average Bonchev–Trinajstić information content (AvgIpc) is 2.91. The van der Waals surface area contributed by atoms with Gasteiger partial charge in [-0.25, -0.2) is 13.9 Å². The maximum Gasteiger partial charge on any atom is 0.356 e. The van der Waals surface area contributed by atoms with Gasteiger partial charge in [0.1, 0.15) is 5.82 Å². The lowest BCUT2D eigenvalue weighted by Gasteiger charge is -2.08. The van der Waals surface area contributed by atoms with Crippen LogP contribution in [0.3, 0.4) is 0 Å². The Morgan fingerprint density at radius 3 is 2.70 bits per heavy atom. The molecule has 23 heavy (non-hydrogen) atoms. The summed E-state index contributed by atoms with van der Waals surface area (Å²) in [4.78, 5) is 15.3. The number of benzene rings is 1. The number of aromatic nitrogens is 3. The van der Waals surface area contributed by atoms with Gasteiger partial charge in [-0.05, 0) is 43.3 Å². The van der Waals surface area contributed by atoms with Crippen LogP contribution in [0.5, 0.6) is 0 Å². The van der Waals surface area contributed by atoms with Gasteiger partial charge in [0.05, 0.1) is 11.4 Å². The summed E-state index contributed by atoms with van der Waals surface area (Å²) < 4.78 is 15.1. The highest BCUT2D eigenvalue weighted by Crippen LogP contribution is 2.27. The number of carbonyl (C=O) groups is 1. The largest absolute Gasteiger partial charge is 0.476 e. The van der Waals surface area contributed by atoms with E-state index in [0.717, 1.165) is 5.69 Å². The number of carboxylic acids is 1. The molecule has 0 spiro atoms. The molecular weight excluding hydrogens is 321 g/mol. The first kappa shape index (κ1) is 15.2. The zero-order chi connectivity index (χ0) is 16.6. The number of rotatable bonds is 3. The van der Waals surface area contributed by atoms with E-state index in [1.807, 2.05) is 6.92 Å².